The van der Waals surface area contributed by atoms with Crippen molar-refractivity contribution in [3.8, 4) is 0 Å². The SMILES string of the molecule is CCCCCCCCCCCCCC[N+](C)(C)C.CO.[Br-]. The molecule has 1 N–H and O–H groups in total. The summed E-state index contributed by atoms with van der Waals surface area (Å²) >= 11 is 0. The van der Waals surface area contributed by atoms with Crippen LogP contribution < -0.4 is 17.0 Å². The van der Waals surface area contributed by atoms with Gasteiger partial charge in [-0.25, -0.2) is 0 Å². The van der Waals surface area contributed by atoms with Gasteiger partial charge in [0.05, 0.1) is 27.7 Å². The van der Waals surface area contributed by atoms with E-state index in [1.807, 2.05) is 0 Å². The molecule has 0 aliphatic rings. The molecule has 3 heteroatoms. The molecule has 0 aromatic heterocycles. The lowest BCUT2D eigenvalue weighted by molar-refractivity contribution is -0.870. The molecule has 0 aromatic carbocycles. The van der Waals surface area contributed by atoms with Gasteiger partial charge in [-0.2, -0.15) is 0 Å². The number of aliphatic hydroxyl groups excluding tert-OH is 1. The van der Waals surface area contributed by atoms with Gasteiger partial charge >= 0.3 is 0 Å². The van der Waals surface area contributed by atoms with Crippen molar-refractivity contribution in [2.45, 2.75) is 84.0 Å². The summed E-state index contributed by atoms with van der Waals surface area (Å²) in [5, 5.41) is 7.00. The van der Waals surface area contributed by atoms with E-state index in [1.54, 1.807) is 0 Å². The second-order valence-corrected chi connectivity index (χ2v) is 6.90. The lowest BCUT2D eigenvalue weighted by atomic mass is 10.1. The third kappa shape index (κ3) is 29.1. The van der Waals surface area contributed by atoms with E-state index in [0.717, 1.165) is 11.6 Å². The number of hydrogen-bond donors (Lipinski definition) is 1. The highest BCUT2D eigenvalue weighted by Gasteiger charge is 2.04. The molecule has 0 unspecified atom stereocenters. The van der Waals surface area contributed by atoms with Crippen LogP contribution in [0.3, 0.4) is 0 Å². The number of unbranched alkanes of at least 4 members (excludes halogenated alkanes) is 11. The maximum atomic E-state index is 7.00. The Bertz CT molecular complexity index is 169. The molecule has 0 radical (unpaired) electrons. The molecule has 0 spiro atoms. The van der Waals surface area contributed by atoms with Crippen molar-refractivity contribution in [1.29, 1.82) is 0 Å². The molecular formula is C18H42BrNO. The Labute approximate surface area is 145 Å². The Morgan fingerprint density at radius 1 is 0.571 bits per heavy atom. The molecule has 0 atom stereocenters. The van der Waals surface area contributed by atoms with Gasteiger partial charge in [-0.3, -0.25) is 0 Å². The van der Waals surface area contributed by atoms with Crippen molar-refractivity contribution < 1.29 is 26.6 Å². The lowest BCUT2D eigenvalue weighted by Gasteiger charge is -2.23. The van der Waals surface area contributed by atoms with E-state index >= 15 is 0 Å². The minimum absolute atomic E-state index is 0. The molecule has 0 aliphatic carbocycles. The van der Waals surface area contributed by atoms with Crippen LogP contribution in [0, 0.1) is 0 Å². The van der Waals surface area contributed by atoms with Crippen LogP contribution in [0.4, 0.5) is 0 Å². The standard InChI is InChI=1S/C17H38N.CH4O.BrH/c1-5-6-7-8-9-10-11-12-13-14-15-16-17-18(2,3)4;1-2;/h5-17H2,1-4H3;2H,1H3;1H/q+1;;/p-1. The van der Waals surface area contributed by atoms with Crippen LogP contribution in [-0.2, 0) is 0 Å². The maximum absolute atomic E-state index is 7.00. The van der Waals surface area contributed by atoms with E-state index in [4.69, 9.17) is 5.11 Å². The zero-order valence-corrected chi connectivity index (χ0v) is 17.1. The van der Waals surface area contributed by atoms with E-state index in [2.05, 4.69) is 28.1 Å². The minimum Gasteiger partial charge on any atom is -1.00 e. The summed E-state index contributed by atoms with van der Waals surface area (Å²) in [5.74, 6) is 0. The molecule has 0 saturated carbocycles. The van der Waals surface area contributed by atoms with Crippen LogP contribution in [0.25, 0.3) is 0 Å². The second-order valence-electron chi connectivity index (χ2n) is 6.90. The Balaban J connectivity index is -0.00000103. The summed E-state index contributed by atoms with van der Waals surface area (Å²) in [5.41, 5.74) is 0. The van der Waals surface area contributed by atoms with Gasteiger partial charge < -0.3 is 26.6 Å². The molecule has 0 aliphatic heterocycles. The maximum Gasteiger partial charge on any atom is 0.0780 e. The molecule has 0 rings (SSSR count). The van der Waals surface area contributed by atoms with Gasteiger partial charge in [0.1, 0.15) is 0 Å². The number of aliphatic hydroxyl groups is 1. The van der Waals surface area contributed by atoms with Crippen LogP contribution in [0.1, 0.15) is 84.0 Å². The van der Waals surface area contributed by atoms with Crippen molar-refractivity contribution in [3.63, 3.8) is 0 Å². The summed E-state index contributed by atoms with van der Waals surface area (Å²) in [6.45, 7) is 3.62. The summed E-state index contributed by atoms with van der Waals surface area (Å²) in [4.78, 5) is 0. The topological polar surface area (TPSA) is 20.2 Å². The molecule has 0 amide bonds. The van der Waals surface area contributed by atoms with Crippen molar-refractivity contribution in [2.75, 3.05) is 34.8 Å². The van der Waals surface area contributed by atoms with Gasteiger partial charge in [0, 0.05) is 7.11 Å². The Morgan fingerprint density at radius 2 is 0.857 bits per heavy atom. The first kappa shape index (κ1) is 26.3. The average molecular weight is 368 g/mol. The number of hydrogen-bond acceptors (Lipinski definition) is 1. The normalized spacial score (nSPS) is 10.6. The summed E-state index contributed by atoms with van der Waals surface area (Å²) in [7, 11) is 7.87. The first-order valence-electron chi connectivity index (χ1n) is 8.81. The van der Waals surface area contributed by atoms with E-state index in [1.165, 1.54) is 83.6 Å². The number of halogens is 1. The van der Waals surface area contributed by atoms with Crippen molar-refractivity contribution in [1.82, 2.24) is 0 Å². The van der Waals surface area contributed by atoms with Crippen LogP contribution in [0.5, 0.6) is 0 Å². The predicted molar refractivity (Wildman–Crippen MR) is 92.1 cm³/mol. The summed E-state index contributed by atoms with van der Waals surface area (Å²) < 4.78 is 1.12. The van der Waals surface area contributed by atoms with E-state index < -0.39 is 0 Å². The lowest BCUT2D eigenvalue weighted by Crippen LogP contribution is -3.00. The molecule has 2 nitrogen and oxygen atoms in total. The van der Waals surface area contributed by atoms with Crippen LogP contribution in [0.2, 0.25) is 0 Å². The van der Waals surface area contributed by atoms with Gasteiger partial charge in [0.25, 0.3) is 0 Å². The van der Waals surface area contributed by atoms with Crippen molar-refractivity contribution in [2.24, 2.45) is 0 Å². The smallest absolute Gasteiger partial charge is 0.0780 e. The van der Waals surface area contributed by atoms with E-state index in [-0.39, 0.29) is 17.0 Å². The van der Waals surface area contributed by atoms with Gasteiger partial charge in [0.2, 0.25) is 0 Å². The molecule has 0 heterocycles. The van der Waals surface area contributed by atoms with Gasteiger partial charge in [-0.1, -0.05) is 71.1 Å². The highest BCUT2D eigenvalue weighted by molar-refractivity contribution is 4.48. The summed E-state index contributed by atoms with van der Waals surface area (Å²) in [6.07, 6.45) is 17.4. The fourth-order valence-electron chi connectivity index (χ4n) is 2.43. The van der Waals surface area contributed by atoms with Crippen molar-refractivity contribution in [3.05, 3.63) is 0 Å². The molecule has 0 bridgehead atoms. The summed E-state index contributed by atoms with van der Waals surface area (Å²) in [6, 6.07) is 0. The van der Waals surface area contributed by atoms with E-state index in [0.29, 0.717) is 0 Å². The Morgan fingerprint density at radius 3 is 1.14 bits per heavy atom. The second kappa shape index (κ2) is 20.4. The van der Waals surface area contributed by atoms with Crippen LogP contribution in [-0.4, -0.2) is 44.4 Å². The quantitative estimate of drug-likeness (QED) is 0.390. The fourth-order valence-corrected chi connectivity index (χ4v) is 2.43. The first-order valence-corrected chi connectivity index (χ1v) is 8.81. The zero-order chi connectivity index (χ0) is 15.7. The van der Waals surface area contributed by atoms with Gasteiger partial charge in [-0.15, -0.1) is 0 Å². The van der Waals surface area contributed by atoms with Gasteiger partial charge in [0.15, 0.2) is 0 Å². The van der Waals surface area contributed by atoms with Crippen LogP contribution >= 0.6 is 0 Å². The number of nitrogens with zero attached hydrogens (tertiary/aromatic N) is 1. The van der Waals surface area contributed by atoms with E-state index in [9.17, 15) is 0 Å². The minimum atomic E-state index is 0. The molecule has 132 valence electrons. The third-order valence-corrected chi connectivity index (χ3v) is 3.68. The molecule has 21 heavy (non-hydrogen) atoms. The highest BCUT2D eigenvalue weighted by Crippen LogP contribution is 2.12. The molecule has 0 fully saturated rings. The molecular weight excluding hydrogens is 326 g/mol. The van der Waals surface area contributed by atoms with Crippen molar-refractivity contribution >= 4 is 0 Å². The first-order chi connectivity index (χ1) is 9.56. The average Bonchev–Trinajstić information content (AvgIpc) is 2.41. The zero-order valence-electron chi connectivity index (χ0n) is 15.5. The van der Waals surface area contributed by atoms with Crippen LogP contribution in [0.15, 0.2) is 0 Å². The number of quaternary nitrogens is 1. The fraction of sp³-hybridized carbons (Fsp3) is 1.00. The molecule has 0 aromatic rings. The number of rotatable bonds is 13. The predicted octanol–water partition coefficient (Wildman–Crippen LogP) is 2.01. The van der Waals surface area contributed by atoms with Gasteiger partial charge in [-0.05, 0) is 12.8 Å². The third-order valence-electron chi connectivity index (χ3n) is 3.68. The Hall–Kier alpha value is 0.400. The molecule has 0 saturated heterocycles. The monoisotopic (exact) mass is 367 g/mol. The largest absolute Gasteiger partial charge is 1.00 e. The Kier molecular flexibility index (Phi) is 25.6. The highest BCUT2D eigenvalue weighted by atomic mass is 79.9.